The summed E-state index contributed by atoms with van der Waals surface area (Å²) in [5, 5.41) is 2.86. The molecular formula is C19H21F3N3O+. The van der Waals surface area contributed by atoms with Gasteiger partial charge in [-0.1, -0.05) is 24.3 Å². The van der Waals surface area contributed by atoms with Crippen molar-refractivity contribution < 1.29 is 22.9 Å². The Morgan fingerprint density at radius 2 is 1.73 bits per heavy atom. The van der Waals surface area contributed by atoms with Crippen LogP contribution in [-0.2, 0) is 11.0 Å². The molecule has 3 rings (SSSR count). The number of para-hydroxylation sites is 1. The normalized spacial score (nSPS) is 15.7. The number of anilines is 2. The number of piperazine rings is 1. The maximum absolute atomic E-state index is 12.9. The number of quaternary nitrogens is 1. The first-order chi connectivity index (χ1) is 12.4. The summed E-state index contributed by atoms with van der Waals surface area (Å²) < 4.78 is 38.6. The number of carbonyl (C=O) groups is 1. The molecule has 2 aromatic carbocycles. The molecule has 0 radical (unpaired) electrons. The van der Waals surface area contributed by atoms with Gasteiger partial charge in [0.05, 0.1) is 31.7 Å². The van der Waals surface area contributed by atoms with Crippen LogP contribution in [0, 0.1) is 0 Å². The van der Waals surface area contributed by atoms with Crippen LogP contribution in [0.5, 0.6) is 0 Å². The summed E-state index contributed by atoms with van der Waals surface area (Å²) in [5.74, 6) is -0.0567. The Bertz CT molecular complexity index is 741. The lowest BCUT2D eigenvalue weighted by Crippen LogP contribution is -3.15. The van der Waals surface area contributed by atoms with Crippen LogP contribution >= 0.6 is 0 Å². The predicted molar refractivity (Wildman–Crippen MR) is 94.3 cm³/mol. The minimum Gasteiger partial charge on any atom is -0.360 e. The lowest BCUT2D eigenvalue weighted by molar-refractivity contribution is -0.892. The largest absolute Gasteiger partial charge is 0.416 e. The number of benzene rings is 2. The van der Waals surface area contributed by atoms with Crippen LogP contribution in [0.4, 0.5) is 24.5 Å². The van der Waals surface area contributed by atoms with E-state index in [1.807, 2.05) is 35.2 Å². The molecule has 26 heavy (non-hydrogen) atoms. The predicted octanol–water partition coefficient (Wildman–Crippen LogP) is 2.05. The molecule has 4 nitrogen and oxygen atoms in total. The van der Waals surface area contributed by atoms with Gasteiger partial charge in [0.15, 0.2) is 6.54 Å². The summed E-state index contributed by atoms with van der Waals surface area (Å²) in [5.41, 5.74) is 0.708. The van der Waals surface area contributed by atoms with Gasteiger partial charge in [0.1, 0.15) is 0 Å². The van der Waals surface area contributed by atoms with Crippen molar-refractivity contribution in [3.05, 3.63) is 60.2 Å². The Labute approximate surface area is 150 Å². The van der Waals surface area contributed by atoms with Crippen LogP contribution in [0.2, 0.25) is 0 Å². The molecular weight excluding hydrogens is 343 g/mol. The number of hydrogen-bond donors (Lipinski definition) is 2. The van der Waals surface area contributed by atoms with E-state index in [9.17, 15) is 18.0 Å². The van der Waals surface area contributed by atoms with Gasteiger partial charge in [-0.25, -0.2) is 0 Å². The van der Waals surface area contributed by atoms with Crippen molar-refractivity contribution in [2.45, 2.75) is 6.18 Å². The number of hydrogen-bond acceptors (Lipinski definition) is 2. The zero-order valence-corrected chi connectivity index (χ0v) is 14.2. The highest BCUT2D eigenvalue weighted by Crippen LogP contribution is 2.31. The van der Waals surface area contributed by atoms with Gasteiger partial charge < -0.3 is 15.1 Å². The Kier molecular flexibility index (Phi) is 5.46. The number of amides is 1. The topological polar surface area (TPSA) is 36.8 Å². The molecule has 1 fully saturated rings. The maximum atomic E-state index is 12.9. The van der Waals surface area contributed by atoms with Crippen LogP contribution in [-0.4, -0.2) is 38.6 Å². The van der Waals surface area contributed by atoms with Gasteiger partial charge in [-0.3, -0.25) is 4.79 Å². The van der Waals surface area contributed by atoms with Crippen molar-refractivity contribution in [1.82, 2.24) is 0 Å². The minimum atomic E-state index is -4.33. The Morgan fingerprint density at radius 3 is 2.38 bits per heavy atom. The number of halogens is 3. The van der Waals surface area contributed by atoms with Crippen LogP contribution in [0.25, 0.3) is 0 Å². The highest BCUT2D eigenvalue weighted by Gasteiger charge is 2.31. The number of nitrogens with zero attached hydrogens (tertiary/aromatic N) is 1. The van der Waals surface area contributed by atoms with Crippen molar-refractivity contribution in [3.8, 4) is 0 Å². The van der Waals surface area contributed by atoms with Crippen LogP contribution < -0.4 is 15.1 Å². The Morgan fingerprint density at radius 1 is 1.04 bits per heavy atom. The monoisotopic (exact) mass is 364 g/mol. The molecule has 7 heteroatoms. The quantitative estimate of drug-likeness (QED) is 0.871. The van der Waals surface area contributed by atoms with E-state index >= 15 is 0 Å². The van der Waals surface area contributed by atoms with E-state index in [1.165, 1.54) is 12.1 Å². The molecule has 0 bridgehead atoms. The Hall–Kier alpha value is -2.54. The molecule has 0 unspecified atom stereocenters. The van der Waals surface area contributed by atoms with Crippen molar-refractivity contribution in [2.24, 2.45) is 0 Å². The molecule has 1 aliphatic heterocycles. The molecule has 1 heterocycles. The summed E-state index contributed by atoms with van der Waals surface area (Å²) >= 11 is 0. The van der Waals surface area contributed by atoms with E-state index in [0.29, 0.717) is 38.4 Å². The molecule has 2 aromatic rings. The second-order valence-electron chi connectivity index (χ2n) is 6.38. The second kappa shape index (κ2) is 7.78. The van der Waals surface area contributed by atoms with Gasteiger partial charge in [-0.2, -0.15) is 13.2 Å². The molecule has 1 saturated heterocycles. The van der Waals surface area contributed by atoms with Crippen molar-refractivity contribution in [1.29, 1.82) is 0 Å². The van der Waals surface area contributed by atoms with E-state index in [1.54, 1.807) is 6.07 Å². The maximum Gasteiger partial charge on any atom is 0.416 e. The fourth-order valence-corrected chi connectivity index (χ4v) is 3.09. The first-order valence-electron chi connectivity index (χ1n) is 8.52. The molecule has 0 aromatic heterocycles. The lowest BCUT2D eigenvalue weighted by Gasteiger charge is -2.33. The molecule has 2 N–H and O–H groups in total. The summed E-state index contributed by atoms with van der Waals surface area (Å²) in [6, 6.07) is 14.7. The average Bonchev–Trinajstić information content (AvgIpc) is 2.62. The summed E-state index contributed by atoms with van der Waals surface area (Å²) in [6.45, 7) is 3.01. The van der Waals surface area contributed by atoms with Crippen molar-refractivity contribution in [3.63, 3.8) is 0 Å². The molecule has 0 spiro atoms. The lowest BCUT2D eigenvalue weighted by atomic mass is 10.1. The zero-order chi connectivity index (χ0) is 18.6. The third-order valence-electron chi connectivity index (χ3n) is 4.48. The van der Waals surface area contributed by atoms with E-state index in [4.69, 9.17) is 0 Å². The summed E-state index contributed by atoms with van der Waals surface area (Å²) in [6.07, 6.45) is -4.33. The van der Waals surface area contributed by atoms with Crippen molar-refractivity contribution >= 4 is 17.3 Å². The standard InChI is InChI=1S/C19H20F3N3O/c20-19(21,22)15-5-4-8-17(13-15)25-11-9-24(10-12-25)14-18(26)23-16-6-2-1-3-7-16/h1-8,13H,9-12,14H2,(H,23,26)/p+1. The van der Waals surface area contributed by atoms with E-state index in [2.05, 4.69) is 5.32 Å². The fourth-order valence-electron chi connectivity index (χ4n) is 3.09. The van der Waals surface area contributed by atoms with E-state index in [0.717, 1.165) is 16.7 Å². The molecule has 0 saturated carbocycles. The molecule has 0 atom stereocenters. The third-order valence-corrected chi connectivity index (χ3v) is 4.48. The van der Waals surface area contributed by atoms with Gasteiger partial charge in [0, 0.05) is 11.4 Å². The van der Waals surface area contributed by atoms with Gasteiger partial charge in [0.2, 0.25) is 0 Å². The molecule has 1 aliphatic rings. The van der Waals surface area contributed by atoms with E-state index < -0.39 is 11.7 Å². The average molecular weight is 364 g/mol. The Balaban J connectivity index is 1.52. The second-order valence-corrected chi connectivity index (χ2v) is 6.38. The summed E-state index contributed by atoms with van der Waals surface area (Å²) in [7, 11) is 0. The first-order valence-corrected chi connectivity index (χ1v) is 8.52. The van der Waals surface area contributed by atoms with Gasteiger partial charge in [-0.05, 0) is 30.3 Å². The molecule has 1 amide bonds. The van der Waals surface area contributed by atoms with Gasteiger partial charge in [-0.15, -0.1) is 0 Å². The number of rotatable bonds is 4. The van der Waals surface area contributed by atoms with Gasteiger partial charge in [0.25, 0.3) is 5.91 Å². The number of carbonyl (C=O) groups excluding carboxylic acids is 1. The SMILES string of the molecule is O=C(C[NH+]1CCN(c2cccc(C(F)(F)F)c2)CC1)Nc1ccccc1. The number of nitrogens with one attached hydrogen (secondary N) is 2. The highest BCUT2D eigenvalue weighted by atomic mass is 19.4. The van der Waals surface area contributed by atoms with Crippen LogP contribution in [0.15, 0.2) is 54.6 Å². The van der Waals surface area contributed by atoms with Gasteiger partial charge >= 0.3 is 6.18 Å². The number of alkyl halides is 3. The van der Waals surface area contributed by atoms with E-state index in [-0.39, 0.29) is 5.91 Å². The highest BCUT2D eigenvalue weighted by molar-refractivity contribution is 5.91. The molecule has 0 aliphatic carbocycles. The summed E-state index contributed by atoms with van der Waals surface area (Å²) in [4.78, 5) is 15.2. The van der Waals surface area contributed by atoms with Crippen LogP contribution in [0.3, 0.4) is 0 Å². The fraction of sp³-hybridized carbons (Fsp3) is 0.316. The third kappa shape index (κ3) is 4.76. The first kappa shape index (κ1) is 18.3. The van der Waals surface area contributed by atoms with Crippen molar-refractivity contribution in [2.75, 3.05) is 42.9 Å². The smallest absolute Gasteiger partial charge is 0.360 e. The van der Waals surface area contributed by atoms with Crippen LogP contribution in [0.1, 0.15) is 5.56 Å². The molecule has 138 valence electrons. The zero-order valence-electron chi connectivity index (χ0n) is 14.2. The minimum absolute atomic E-state index is 0.0567.